The first kappa shape index (κ1) is 22.6. The molecule has 2 rings (SSSR count). The van der Waals surface area contributed by atoms with Gasteiger partial charge in [-0.05, 0) is 50.7 Å². The van der Waals surface area contributed by atoms with E-state index >= 15 is 0 Å². The minimum atomic E-state index is -0.639. The highest BCUT2D eigenvalue weighted by Gasteiger charge is 2.30. The highest BCUT2D eigenvalue weighted by molar-refractivity contribution is 5.99. The Morgan fingerprint density at radius 2 is 2.14 bits per heavy atom. The fourth-order valence-electron chi connectivity index (χ4n) is 3.35. The first-order valence-electron chi connectivity index (χ1n) is 10.4. The number of hydrogen-bond donors (Lipinski definition) is 1. The number of pyridine rings is 1. The van der Waals surface area contributed by atoms with Crippen LogP contribution in [0.4, 0.5) is 5.82 Å². The van der Waals surface area contributed by atoms with Gasteiger partial charge in [0, 0.05) is 25.1 Å². The van der Waals surface area contributed by atoms with Gasteiger partial charge in [0.1, 0.15) is 11.9 Å². The first-order chi connectivity index (χ1) is 14.0. The van der Waals surface area contributed by atoms with E-state index in [1.807, 2.05) is 12.1 Å². The summed E-state index contributed by atoms with van der Waals surface area (Å²) < 4.78 is 4.95. The van der Waals surface area contributed by atoms with Gasteiger partial charge >= 0.3 is 5.97 Å². The van der Waals surface area contributed by atoms with Crippen LogP contribution in [0.15, 0.2) is 24.8 Å². The van der Waals surface area contributed by atoms with Gasteiger partial charge in [-0.15, -0.1) is 6.58 Å². The van der Waals surface area contributed by atoms with Gasteiger partial charge in [-0.25, -0.2) is 4.98 Å². The number of amides is 2. The zero-order chi connectivity index (χ0) is 21.2. The molecule has 0 bridgehead atoms. The van der Waals surface area contributed by atoms with Crippen LogP contribution in [0, 0.1) is 0 Å². The van der Waals surface area contributed by atoms with Crippen molar-refractivity contribution in [3.05, 3.63) is 36.0 Å². The summed E-state index contributed by atoms with van der Waals surface area (Å²) in [6, 6.07) is 3.33. The summed E-state index contributed by atoms with van der Waals surface area (Å²) >= 11 is 0. The second kappa shape index (κ2) is 11.3. The third kappa shape index (κ3) is 6.41. The summed E-state index contributed by atoms with van der Waals surface area (Å²) in [5.41, 5.74) is 1.86. The third-order valence-electron chi connectivity index (χ3n) is 4.84. The van der Waals surface area contributed by atoms with E-state index in [1.165, 1.54) is 0 Å². The van der Waals surface area contributed by atoms with Crippen molar-refractivity contribution in [1.29, 1.82) is 0 Å². The van der Waals surface area contributed by atoms with Gasteiger partial charge in [0.2, 0.25) is 5.91 Å². The van der Waals surface area contributed by atoms with Crippen LogP contribution in [-0.2, 0) is 32.0 Å². The van der Waals surface area contributed by atoms with E-state index < -0.39 is 6.04 Å². The van der Waals surface area contributed by atoms with E-state index in [0.29, 0.717) is 51.1 Å². The molecule has 1 aliphatic rings. The number of rotatable bonds is 10. The molecule has 158 valence electrons. The second-order valence-corrected chi connectivity index (χ2v) is 7.04. The number of carbonyl (C=O) groups is 3. The summed E-state index contributed by atoms with van der Waals surface area (Å²) in [6.45, 7) is 8.20. The van der Waals surface area contributed by atoms with Gasteiger partial charge in [-0.3, -0.25) is 19.3 Å². The summed E-state index contributed by atoms with van der Waals surface area (Å²) in [7, 11) is 0. The fourth-order valence-corrected chi connectivity index (χ4v) is 3.35. The van der Waals surface area contributed by atoms with E-state index in [-0.39, 0.29) is 17.8 Å². The zero-order valence-corrected chi connectivity index (χ0v) is 17.4. The Morgan fingerprint density at radius 1 is 1.34 bits per heavy atom. The van der Waals surface area contributed by atoms with Gasteiger partial charge in [-0.2, -0.15) is 0 Å². The smallest absolute Gasteiger partial charge is 0.305 e. The predicted octanol–water partition coefficient (Wildman–Crippen LogP) is 2.72. The van der Waals surface area contributed by atoms with E-state index in [0.717, 1.165) is 24.1 Å². The molecular formula is C22H31N3O4. The summed E-state index contributed by atoms with van der Waals surface area (Å²) in [6.07, 6.45) is 5.67. The van der Waals surface area contributed by atoms with Crippen LogP contribution in [0.25, 0.3) is 0 Å². The second-order valence-electron chi connectivity index (χ2n) is 7.04. The van der Waals surface area contributed by atoms with Gasteiger partial charge < -0.3 is 10.1 Å². The van der Waals surface area contributed by atoms with Crippen LogP contribution in [0.5, 0.6) is 0 Å². The number of anilines is 1. The normalized spacial score (nSPS) is 13.9. The maximum absolute atomic E-state index is 13.2. The lowest BCUT2D eigenvalue weighted by Crippen LogP contribution is -2.50. The van der Waals surface area contributed by atoms with Crippen molar-refractivity contribution in [2.75, 3.05) is 18.1 Å². The molecule has 0 fully saturated rings. The van der Waals surface area contributed by atoms with E-state index in [1.54, 1.807) is 24.8 Å². The molecule has 2 heterocycles. The Kier molecular flexibility index (Phi) is 8.83. The number of nitrogens with one attached hydrogen (secondary N) is 1. The number of hydrogen-bond acceptors (Lipinski definition) is 5. The van der Waals surface area contributed by atoms with Crippen LogP contribution < -0.4 is 10.2 Å². The van der Waals surface area contributed by atoms with Crippen molar-refractivity contribution < 1.29 is 19.1 Å². The molecule has 7 nitrogen and oxygen atoms in total. The summed E-state index contributed by atoms with van der Waals surface area (Å²) in [5.74, 6) is 0.128. The number of carbonyl (C=O) groups excluding carboxylic acids is 3. The molecule has 1 aromatic heterocycles. The quantitative estimate of drug-likeness (QED) is 0.481. The van der Waals surface area contributed by atoms with Crippen LogP contribution >= 0.6 is 0 Å². The van der Waals surface area contributed by atoms with Crippen LogP contribution in [0.2, 0.25) is 0 Å². The Bertz CT molecular complexity index is 748. The molecule has 1 aromatic rings. The molecule has 0 spiro atoms. The SMILES string of the molecule is C=CCC(NC(=O)CC)C(=O)N1CCCc2ccc(CCCC(=O)OCC)nc21. The number of esters is 1. The Labute approximate surface area is 172 Å². The van der Waals surface area contributed by atoms with Crippen molar-refractivity contribution >= 4 is 23.6 Å². The summed E-state index contributed by atoms with van der Waals surface area (Å²) in [4.78, 5) is 42.9. The van der Waals surface area contributed by atoms with Crippen LogP contribution in [0.3, 0.4) is 0 Å². The monoisotopic (exact) mass is 401 g/mol. The third-order valence-corrected chi connectivity index (χ3v) is 4.84. The molecule has 1 atom stereocenters. The lowest BCUT2D eigenvalue weighted by atomic mass is 10.0. The van der Waals surface area contributed by atoms with Crippen molar-refractivity contribution in [1.82, 2.24) is 10.3 Å². The lowest BCUT2D eigenvalue weighted by Gasteiger charge is -2.31. The number of aromatic nitrogens is 1. The molecule has 7 heteroatoms. The van der Waals surface area contributed by atoms with Gasteiger partial charge in [0.15, 0.2) is 0 Å². The number of ether oxygens (including phenoxy) is 1. The molecule has 1 N–H and O–H groups in total. The number of aryl methyl sites for hydroxylation is 2. The molecule has 1 aliphatic heterocycles. The summed E-state index contributed by atoms with van der Waals surface area (Å²) in [5, 5.41) is 2.79. The van der Waals surface area contributed by atoms with Crippen LogP contribution in [0.1, 0.15) is 57.2 Å². The van der Waals surface area contributed by atoms with Crippen molar-refractivity contribution in [3.63, 3.8) is 0 Å². The van der Waals surface area contributed by atoms with Crippen LogP contribution in [-0.4, -0.2) is 42.0 Å². The molecule has 0 aromatic carbocycles. The van der Waals surface area contributed by atoms with Crippen molar-refractivity contribution in [2.24, 2.45) is 0 Å². The first-order valence-corrected chi connectivity index (χ1v) is 10.4. The standard InChI is InChI=1S/C22H31N3O4/c1-4-9-18(24-19(26)5-2)22(28)25-15-8-10-16-13-14-17(23-21(16)25)11-7-12-20(27)29-6-3/h4,13-14,18H,1,5-12,15H2,2-3H3,(H,24,26). The molecule has 0 saturated carbocycles. The zero-order valence-electron chi connectivity index (χ0n) is 17.4. The molecule has 0 saturated heterocycles. The van der Waals surface area contributed by atoms with Gasteiger partial charge in [-0.1, -0.05) is 19.1 Å². The van der Waals surface area contributed by atoms with Crippen molar-refractivity contribution in [2.45, 2.75) is 64.8 Å². The largest absolute Gasteiger partial charge is 0.466 e. The van der Waals surface area contributed by atoms with E-state index in [4.69, 9.17) is 9.72 Å². The minimum absolute atomic E-state index is 0.163. The average molecular weight is 402 g/mol. The topological polar surface area (TPSA) is 88.6 Å². The molecular weight excluding hydrogens is 370 g/mol. The van der Waals surface area contributed by atoms with Gasteiger partial charge in [0.25, 0.3) is 5.91 Å². The van der Waals surface area contributed by atoms with E-state index in [9.17, 15) is 14.4 Å². The number of nitrogens with zero attached hydrogens (tertiary/aromatic N) is 2. The molecule has 29 heavy (non-hydrogen) atoms. The molecule has 0 radical (unpaired) electrons. The highest BCUT2D eigenvalue weighted by atomic mass is 16.5. The van der Waals surface area contributed by atoms with Gasteiger partial charge in [0.05, 0.1) is 6.61 Å². The minimum Gasteiger partial charge on any atom is -0.466 e. The maximum atomic E-state index is 13.2. The maximum Gasteiger partial charge on any atom is 0.305 e. The Hall–Kier alpha value is -2.70. The van der Waals surface area contributed by atoms with E-state index in [2.05, 4.69) is 11.9 Å². The lowest BCUT2D eigenvalue weighted by molar-refractivity contribution is -0.143. The van der Waals surface area contributed by atoms with Crippen molar-refractivity contribution in [3.8, 4) is 0 Å². The fraction of sp³-hybridized carbons (Fsp3) is 0.545. The highest BCUT2D eigenvalue weighted by Crippen LogP contribution is 2.27. The molecule has 1 unspecified atom stereocenters. The average Bonchev–Trinajstić information content (AvgIpc) is 2.72. The number of fused-ring (bicyclic) bond motifs is 1. The Morgan fingerprint density at radius 3 is 2.83 bits per heavy atom. The molecule has 2 amide bonds. The predicted molar refractivity (Wildman–Crippen MR) is 112 cm³/mol. The molecule has 0 aliphatic carbocycles. The Balaban J connectivity index is 2.14.